The summed E-state index contributed by atoms with van der Waals surface area (Å²) in [6.07, 6.45) is 4.50. The van der Waals surface area contributed by atoms with Gasteiger partial charge in [-0.15, -0.1) is 0 Å². The van der Waals surface area contributed by atoms with Crippen LogP contribution in [0.15, 0.2) is 0 Å². The van der Waals surface area contributed by atoms with Crippen LogP contribution >= 0.6 is 0 Å². The van der Waals surface area contributed by atoms with Gasteiger partial charge in [-0.3, -0.25) is 15.0 Å². The van der Waals surface area contributed by atoms with Crippen LogP contribution in [0.3, 0.4) is 0 Å². The molecule has 1 aliphatic rings. The maximum atomic E-state index is 12.2. The zero-order valence-electron chi connectivity index (χ0n) is 13.7. The molecule has 0 saturated carbocycles. The van der Waals surface area contributed by atoms with E-state index in [-0.39, 0.29) is 11.9 Å². The van der Waals surface area contributed by atoms with Crippen LogP contribution in [0.5, 0.6) is 0 Å². The number of rotatable bonds is 6. The molecule has 122 valence electrons. The molecule has 0 aromatic heterocycles. The van der Waals surface area contributed by atoms with Crippen molar-refractivity contribution in [3.8, 4) is 0 Å². The van der Waals surface area contributed by atoms with Gasteiger partial charge in [0.2, 0.25) is 5.91 Å². The first-order chi connectivity index (χ1) is 10.0. The van der Waals surface area contributed by atoms with Crippen LogP contribution in [0.1, 0.15) is 46.5 Å². The van der Waals surface area contributed by atoms with Crippen LogP contribution in [0, 0.1) is 0 Å². The second-order valence-electron chi connectivity index (χ2n) is 5.79. The van der Waals surface area contributed by atoms with Crippen molar-refractivity contribution in [3.63, 3.8) is 0 Å². The Bertz CT molecular complexity index is 349. The molecule has 0 bridgehead atoms. The Labute approximate surface area is 128 Å². The molecule has 3 atom stereocenters. The monoisotopic (exact) mass is 298 g/mol. The van der Waals surface area contributed by atoms with Crippen LogP contribution in [0.2, 0.25) is 0 Å². The third-order valence-corrected chi connectivity index (χ3v) is 4.23. The standard InChI is InChI=1S/C15H30N4O2/c1-5-9-17-11(2)13-8-6-7-10-19(13)12(3)14(20)18-15(21)16-4/h11-13,17H,5-10H2,1-4H3,(H2,16,18,20,21). The van der Waals surface area contributed by atoms with Crippen LogP contribution in [0.4, 0.5) is 4.79 Å². The quantitative estimate of drug-likeness (QED) is 0.686. The van der Waals surface area contributed by atoms with Gasteiger partial charge in [-0.25, -0.2) is 4.79 Å². The summed E-state index contributed by atoms with van der Waals surface area (Å²) in [4.78, 5) is 25.7. The van der Waals surface area contributed by atoms with Crippen molar-refractivity contribution in [1.29, 1.82) is 0 Å². The van der Waals surface area contributed by atoms with Crippen molar-refractivity contribution in [3.05, 3.63) is 0 Å². The lowest BCUT2D eigenvalue weighted by atomic mass is 9.94. The minimum atomic E-state index is -0.447. The second-order valence-corrected chi connectivity index (χ2v) is 5.79. The Morgan fingerprint density at radius 1 is 1.29 bits per heavy atom. The van der Waals surface area contributed by atoms with Gasteiger partial charge in [-0.1, -0.05) is 13.3 Å². The number of hydrogen-bond acceptors (Lipinski definition) is 4. The molecule has 0 radical (unpaired) electrons. The van der Waals surface area contributed by atoms with Gasteiger partial charge in [0.05, 0.1) is 6.04 Å². The summed E-state index contributed by atoms with van der Waals surface area (Å²) < 4.78 is 0. The fourth-order valence-electron chi connectivity index (χ4n) is 2.94. The summed E-state index contributed by atoms with van der Waals surface area (Å²) in [5, 5.41) is 8.32. The normalized spacial score (nSPS) is 22.4. The molecule has 6 nitrogen and oxygen atoms in total. The Morgan fingerprint density at radius 3 is 2.62 bits per heavy atom. The molecule has 3 N–H and O–H groups in total. The number of imide groups is 1. The molecule has 1 heterocycles. The third kappa shape index (κ3) is 5.28. The number of nitrogens with zero attached hydrogens (tertiary/aromatic N) is 1. The minimum absolute atomic E-state index is 0.232. The minimum Gasteiger partial charge on any atom is -0.341 e. The molecule has 1 rings (SSSR count). The molecule has 3 unspecified atom stereocenters. The van der Waals surface area contributed by atoms with Crippen molar-refractivity contribution in [1.82, 2.24) is 20.9 Å². The molecule has 21 heavy (non-hydrogen) atoms. The first-order valence-electron chi connectivity index (χ1n) is 8.03. The molecular formula is C15H30N4O2. The van der Waals surface area contributed by atoms with Crippen molar-refractivity contribution in [2.45, 2.75) is 64.6 Å². The van der Waals surface area contributed by atoms with E-state index in [2.05, 4.69) is 34.7 Å². The van der Waals surface area contributed by atoms with E-state index in [0.29, 0.717) is 12.1 Å². The topological polar surface area (TPSA) is 73.5 Å². The van der Waals surface area contributed by atoms with Crippen molar-refractivity contribution in [2.24, 2.45) is 0 Å². The van der Waals surface area contributed by atoms with Gasteiger partial charge in [0, 0.05) is 19.1 Å². The summed E-state index contributed by atoms with van der Waals surface area (Å²) in [7, 11) is 1.51. The number of hydrogen-bond donors (Lipinski definition) is 3. The van der Waals surface area contributed by atoms with E-state index < -0.39 is 6.03 Å². The van der Waals surface area contributed by atoms with E-state index in [1.54, 1.807) is 0 Å². The average molecular weight is 298 g/mol. The Kier molecular flexibility index (Phi) is 7.67. The summed E-state index contributed by atoms with van der Waals surface area (Å²) in [5.74, 6) is -0.232. The van der Waals surface area contributed by atoms with Crippen molar-refractivity contribution < 1.29 is 9.59 Å². The number of amides is 3. The van der Waals surface area contributed by atoms with E-state index in [1.165, 1.54) is 13.5 Å². The van der Waals surface area contributed by atoms with Gasteiger partial charge in [-0.05, 0) is 46.2 Å². The SMILES string of the molecule is CCCNC(C)C1CCCCN1C(C)C(=O)NC(=O)NC. The van der Waals surface area contributed by atoms with Crippen LogP contribution in [-0.4, -0.2) is 55.1 Å². The number of carbonyl (C=O) groups is 2. The third-order valence-electron chi connectivity index (χ3n) is 4.23. The Morgan fingerprint density at radius 2 is 2.00 bits per heavy atom. The van der Waals surface area contributed by atoms with Crippen molar-refractivity contribution in [2.75, 3.05) is 20.1 Å². The zero-order chi connectivity index (χ0) is 15.8. The summed E-state index contributed by atoms with van der Waals surface area (Å²) in [6, 6.07) is -0.0488. The Hall–Kier alpha value is -1.14. The van der Waals surface area contributed by atoms with E-state index in [4.69, 9.17) is 0 Å². The summed E-state index contributed by atoms with van der Waals surface area (Å²) in [6.45, 7) is 8.11. The molecule has 0 aromatic carbocycles. The van der Waals surface area contributed by atoms with Crippen LogP contribution < -0.4 is 16.0 Å². The molecule has 1 fully saturated rings. The van der Waals surface area contributed by atoms with E-state index in [0.717, 1.165) is 32.4 Å². The van der Waals surface area contributed by atoms with Gasteiger partial charge in [0.1, 0.15) is 0 Å². The number of nitrogens with one attached hydrogen (secondary N) is 3. The lowest BCUT2D eigenvalue weighted by Crippen LogP contribution is -2.58. The smallest absolute Gasteiger partial charge is 0.321 e. The molecule has 1 saturated heterocycles. The highest BCUT2D eigenvalue weighted by atomic mass is 16.2. The summed E-state index contributed by atoms with van der Waals surface area (Å²) in [5.41, 5.74) is 0. The number of piperidine rings is 1. The molecular weight excluding hydrogens is 268 g/mol. The lowest BCUT2D eigenvalue weighted by molar-refractivity contribution is -0.126. The molecule has 0 aliphatic carbocycles. The van der Waals surface area contributed by atoms with E-state index >= 15 is 0 Å². The first-order valence-corrected chi connectivity index (χ1v) is 8.03. The molecule has 6 heteroatoms. The highest BCUT2D eigenvalue weighted by Gasteiger charge is 2.33. The summed E-state index contributed by atoms with van der Waals surface area (Å²) >= 11 is 0. The predicted molar refractivity (Wildman–Crippen MR) is 84.2 cm³/mol. The Balaban J connectivity index is 2.66. The number of urea groups is 1. The van der Waals surface area contributed by atoms with Crippen LogP contribution in [-0.2, 0) is 4.79 Å². The van der Waals surface area contributed by atoms with E-state index in [1.807, 2.05) is 6.92 Å². The largest absolute Gasteiger partial charge is 0.341 e. The fourth-order valence-corrected chi connectivity index (χ4v) is 2.94. The maximum Gasteiger partial charge on any atom is 0.321 e. The average Bonchev–Trinajstić information content (AvgIpc) is 2.51. The second kappa shape index (κ2) is 9.00. The van der Waals surface area contributed by atoms with Gasteiger partial charge in [0.25, 0.3) is 0 Å². The van der Waals surface area contributed by atoms with Gasteiger partial charge in [0.15, 0.2) is 0 Å². The van der Waals surface area contributed by atoms with E-state index in [9.17, 15) is 9.59 Å². The lowest BCUT2D eigenvalue weighted by Gasteiger charge is -2.42. The number of likely N-dealkylation sites (tertiary alicyclic amines) is 1. The first kappa shape index (κ1) is 17.9. The predicted octanol–water partition coefficient (Wildman–Crippen LogP) is 1.07. The van der Waals surface area contributed by atoms with Gasteiger partial charge < -0.3 is 10.6 Å². The van der Waals surface area contributed by atoms with Crippen LogP contribution in [0.25, 0.3) is 0 Å². The number of carbonyl (C=O) groups excluding carboxylic acids is 2. The highest BCUT2D eigenvalue weighted by Crippen LogP contribution is 2.22. The zero-order valence-corrected chi connectivity index (χ0v) is 13.7. The fraction of sp³-hybridized carbons (Fsp3) is 0.867. The maximum absolute atomic E-state index is 12.2. The van der Waals surface area contributed by atoms with Gasteiger partial charge >= 0.3 is 6.03 Å². The molecule has 1 aliphatic heterocycles. The molecule has 3 amide bonds. The molecule has 0 aromatic rings. The molecule has 0 spiro atoms. The van der Waals surface area contributed by atoms with Gasteiger partial charge in [-0.2, -0.15) is 0 Å². The van der Waals surface area contributed by atoms with Crippen molar-refractivity contribution >= 4 is 11.9 Å². The highest BCUT2D eigenvalue weighted by molar-refractivity contribution is 5.96.